The summed E-state index contributed by atoms with van der Waals surface area (Å²) in [6, 6.07) is 0.984. The zero-order chi connectivity index (χ0) is 14.1. The lowest BCUT2D eigenvalue weighted by atomic mass is 9.97. The molecule has 2 unspecified atom stereocenters. The topological polar surface area (TPSA) is 54.2 Å². The summed E-state index contributed by atoms with van der Waals surface area (Å²) in [7, 11) is 0. The van der Waals surface area contributed by atoms with Crippen LogP contribution in [0.5, 0.6) is 0 Å². The van der Waals surface area contributed by atoms with Crippen molar-refractivity contribution in [3.63, 3.8) is 0 Å². The summed E-state index contributed by atoms with van der Waals surface area (Å²) in [4.78, 5) is 2.57. The van der Waals surface area contributed by atoms with Gasteiger partial charge in [-0.25, -0.2) is 0 Å². The quantitative estimate of drug-likeness (QED) is 0.915. The molecule has 1 saturated heterocycles. The molecule has 2 aliphatic rings. The van der Waals surface area contributed by atoms with E-state index in [4.69, 9.17) is 0 Å². The molecule has 0 spiro atoms. The van der Waals surface area contributed by atoms with Crippen LogP contribution in [0.2, 0.25) is 0 Å². The van der Waals surface area contributed by atoms with E-state index in [1.807, 2.05) is 0 Å². The third kappa shape index (κ3) is 2.49. The zero-order valence-corrected chi connectivity index (χ0v) is 12.6. The maximum atomic E-state index is 9.32. The van der Waals surface area contributed by atoms with Gasteiger partial charge >= 0.3 is 0 Å². The normalized spacial score (nSPS) is 27.8. The van der Waals surface area contributed by atoms with Crippen LogP contribution >= 0.6 is 0 Å². The van der Waals surface area contributed by atoms with Crippen LogP contribution in [0.1, 0.15) is 57.2 Å². The molecule has 0 radical (unpaired) electrons. The Labute approximate surface area is 121 Å². The van der Waals surface area contributed by atoms with Gasteiger partial charge in [-0.1, -0.05) is 6.42 Å². The summed E-state index contributed by atoms with van der Waals surface area (Å²) in [6.07, 6.45) is 5.69. The van der Waals surface area contributed by atoms with Crippen LogP contribution < -0.4 is 0 Å². The van der Waals surface area contributed by atoms with Crippen molar-refractivity contribution < 1.29 is 5.11 Å². The van der Waals surface area contributed by atoms with E-state index in [0.717, 1.165) is 31.0 Å². The Morgan fingerprint density at radius 2 is 2.05 bits per heavy atom. The van der Waals surface area contributed by atoms with E-state index in [1.165, 1.54) is 25.8 Å². The number of likely N-dealkylation sites (tertiary alicyclic amines) is 1. The highest BCUT2D eigenvalue weighted by molar-refractivity contribution is 5.06. The Kier molecular flexibility index (Phi) is 4.08. The highest BCUT2D eigenvalue weighted by atomic mass is 16.3. The van der Waals surface area contributed by atoms with Crippen molar-refractivity contribution in [3.05, 3.63) is 11.6 Å². The second-order valence-corrected chi connectivity index (χ2v) is 6.51. The molecule has 1 aromatic rings. The maximum absolute atomic E-state index is 9.32. The summed E-state index contributed by atoms with van der Waals surface area (Å²) in [5.41, 5.74) is 0. The first-order valence-electron chi connectivity index (χ1n) is 7.99. The van der Waals surface area contributed by atoms with E-state index in [2.05, 4.69) is 33.5 Å². The van der Waals surface area contributed by atoms with Crippen molar-refractivity contribution in [3.8, 4) is 0 Å². The monoisotopic (exact) mass is 278 g/mol. The van der Waals surface area contributed by atoms with Crippen LogP contribution in [0.4, 0.5) is 0 Å². The van der Waals surface area contributed by atoms with E-state index in [-0.39, 0.29) is 6.61 Å². The number of aliphatic hydroxyl groups is 1. The maximum Gasteiger partial charge on any atom is 0.150 e. The Morgan fingerprint density at radius 1 is 1.20 bits per heavy atom. The summed E-state index contributed by atoms with van der Waals surface area (Å²) in [5.74, 6) is 2.59. The van der Waals surface area contributed by atoms with Crippen molar-refractivity contribution in [1.29, 1.82) is 0 Å². The first kappa shape index (κ1) is 14.0. The predicted octanol–water partition coefficient (Wildman–Crippen LogP) is 1.77. The second-order valence-electron chi connectivity index (χ2n) is 6.51. The molecular weight excluding hydrogens is 252 g/mol. The third-order valence-corrected chi connectivity index (χ3v) is 4.85. The lowest BCUT2D eigenvalue weighted by Gasteiger charge is -2.38. The second kappa shape index (κ2) is 5.82. The molecule has 0 aliphatic carbocycles. The van der Waals surface area contributed by atoms with Gasteiger partial charge in [0.15, 0.2) is 0 Å². The summed E-state index contributed by atoms with van der Waals surface area (Å²) < 4.78 is 2.32. The third-order valence-electron chi connectivity index (χ3n) is 4.85. The molecule has 20 heavy (non-hydrogen) atoms. The first-order chi connectivity index (χ1) is 9.70. The van der Waals surface area contributed by atoms with Crippen LogP contribution in [0, 0.1) is 5.92 Å². The molecule has 3 rings (SSSR count). The number of hydrogen-bond donors (Lipinski definition) is 1. The minimum absolute atomic E-state index is 0.268. The SMILES string of the molecule is CC(C)N1CCCCC1c1nnc2n1CCC(CO)C2. The molecule has 0 amide bonds. The molecule has 5 nitrogen and oxygen atoms in total. The number of rotatable bonds is 3. The molecule has 1 aromatic heterocycles. The number of piperidine rings is 1. The minimum Gasteiger partial charge on any atom is -0.396 e. The lowest BCUT2D eigenvalue weighted by Crippen LogP contribution is -2.40. The van der Waals surface area contributed by atoms with Gasteiger partial charge in [0.05, 0.1) is 6.04 Å². The molecular formula is C15H26N4O. The average molecular weight is 278 g/mol. The largest absolute Gasteiger partial charge is 0.396 e. The number of fused-ring (bicyclic) bond motifs is 1. The van der Waals surface area contributed by atoms with Crippen molar-refractivity contribution in [1.82, 2.24) is 19.7 Å². The standard InChI is InChI=1S/C15H26N4O/c1-11(2)18-7-4-3-5-13(18)15-17-16-14-9-12(10-20)6-8-19(14)15/h11-13,20H,3-10H2,1-2H3. The molecule has 3 heterocycles. The predicted molar refractivity (Wildman–Crippen MR) is 77.4 cm³/mol. The highest BCUT2D eigenvalue weighted by Crippen LogP contribution is 2.33. The summed E-state index contributed by atoms with van der Waals surface area (Å²) in [6.45, 7) is 6.94. The molecule has 0 aromatic carbocycles. The van der Waals surface area contributed by atoms with E-state index >= 15 is 0 Å². The molecule has 5 heteroatoms. The van der Waals surface area contributed by atoms with Crippen LogP contribution in [0.3, 0.4) is 0 Å². The van der Waals surface area contributed by atoms with Gasteiger partial charge in [0.2, 0.25) is 0 Å². The van der Waals surface area contributed by atoms with Gasteiger partial charge in [0.25, 0.3) is 0 Å². The summed E-state index contributed by atoms with van der Waals surface area (Å²) in [5, 5.41) is 18.2. The number of aliphatic hydroxyl groups excluding tert-OH is 1. The highest BCUT2D eigenvalue weighted by Gasteiger charge is 2.32. The van der Waals surface area contributed by atoms with E-state index in [0.29, 0.717) is 18.0 Å². The summed E-state index contributed by atoms with van der Waals surface area (Å²) >= 11 is 0. The van der Waals surface area contributed by atoms with Gasteiger partial charge in [0.1, 0.15) is 11.6 Å². The van der Waals surface area contributed by atoms with Gasteiger partial charge in [-0.05, 0) is 45.6 Å². The van der Waals surface area contributed by atoms with Crippen LogP contribution in [0.15, 0.2) is 0 Å². The number of hydrogen-bond acceptors (Lipinski definition) is 4. The van der Waals surface area contributed by atoms with Gasteiger partial charge in [-0.2, -0.15) is 0 Å². The molecule has 2 aliphatic heterocycles. The Balaban J connectivity index is 1.85. The van der Waals surface area contributed by atoms with Crippen LogP contribution in [-0.2, 0) is 13.0 Å². The molecule has 112 valence electrons. The Morgan fingerprint density at radius 3 is 2.80 bits per heavy atom. The van der Waals surface area contributed by atoms with E-state index < -0.39 is 0 Å². The fraction of sp³-hybridized carbons (Fsp3) is 0.867. The minimum atomic E-state index is 0.268. The smallest absolute Gasteiger partial charge is 0.150 e. The molecule has 1 N–H and O–H groups in total. The first-order valence-corrected chi connectivity index (χ1v) is 7.99. The Bertz CT molecular complexity index is 457. The number of nitrogens with zero attached hydrogens (tertiary/aromatic N) is 4. The fourth-order valence-corrected chi connectivity index (χ4v) is 3.67. The van der Waals surface area contributed by atoms with Crippen molar-refractivity contribution in [2.75, 3.05) is 13.2 Å². The molecule has 1 fully saturated rings. The Hall–Kier alpha value is -0.940. The zero-order valence-electron chi connectivity index (χ0n) is 12.6. The van der Waals surface area contributed by atoms with E-state index in [9.17, 15) is 5.11 Å². The van der Waals surface area contributed by atoms with Crippen LogP contribution in [-0.4, -0.2) is 44.0 Å². The van der Waals surface area contributed by atoms with Crippen LogP contribution in [0.25, 0.3) is 0 Å². The number of aromatic nitrogens is 3. The average Bonchev–Trinajstić information content (AvgIpc) is 2.89. The molecule has 2 atom stereocenters. The van der Waals surface area contributed by atoms with Crippen molar-refractivity contribution in [2.45, 2.75) is 64.6 Å². The molecule has 0 bridgehead atoms. The fourth-order valence-electron chi connectivity index (χ4n) is 3.67. The van der Waals surface area contributed by atoms with Gasteiger partial charge in [0, 0.05) is 25.6 Å². The van der Waals surface area contributed by atoms with Gasteiger partial charge in [-0.3, -0.25) is 4.90 Å². The molecule has 0 saturated carbocycles. The van der Waals surface area contributed by atoms with Gasteiger partial charge < -0.3 is 9.67 Å². The van der Waals surface area contributed by atoms with E-state index in [1.54, 1.807) is 0 Å². The lowest BCUT2D eigenvalue weighted by molar-refractivity contribution is 0.101. The van der Waals surface area contributed by atoms with Crippen molar-refractivity contribution >= 4 is 0 Å². The van der Waals surface area contributed by atoms with Crippen molar-refractivity contribution in [2.24, 2.45) is 5.92 Å². The van der Waals surface area contributed by atoms with Gasteiger partial charge in [-0.15, -0.1) is 10.2 Å².